The highest BCUT2D eigenvalue weighted by molar-refractivity contribution is 7.97. The Kier molecular flexibility index (Phi) is 20.1. The van der Waals surface area contributed by atoms with Gasteiger partial charge in [-0.1, -0.05) is 72.3 Å². The fourth-order valence-electron chi connectivity index (χ4n) is 7.50. The smallest absolute Gasteiger partial charge is 0.409 e. The van der Waals surface area contributed by atoms with Crippen LogP contribution in [-0.4, -0.2) is 114 Å². The van der Waals surface area contributed by atoms with Crippen LogP contribution < -0.4 is 21.3 Å². The van der Waals surface area contributed by atoms with Gasteiger partial charge in [0.1, 0.15) is 35.5 Å². The van der Waals surface area contributed by atoms with Crippen molar-refractivity contribution >= 4 is 71.8 Å². The van der Waals surface area contributed by atoms with Crippen LogP contribution in [0.25, 0.3) is 22.2 Å². The van der Waals surface area contributed by atoms with Gasteiger partial charge in [-0.2, -0.15) is 25.3 Å². The monoisotopic (exact) mass is 934 g/mol. The molecule has 1 aliphatic carbocycles. The minimum Gasteiger partial charge on any atom is -0.448 e. The number of carbonyl (C=O) groups is 3. The number of thioether (sulfide) groups is 1. The second-order valence-electron chi connectivity index (χ2n) is 16.1. The lowest BCUT2D eigenvalue weighted by Gasteiger charge is -2.41. The maximum Gasteiger partial charge on any atom is 0.409 e. The van der Waals surface area contributed by atoms with Gasteiger partial charge in [-0.15, -0.1) is 0 Å². The molecule has 0 bridgehead atoms. The van der Waals surface area contributed by atoms with Gasteiger partial charge in [0, 0.05) is 56.4 Å². The zero-order chi connectivity index (χ0) is 45.4. The number of hydrogen-bond donors (Lipinski definition) is 4. The molecule has 0 radical (unpaired) electrons. The Morgan fingerprint density at radius 3 is 2.17 bits per heavy atom. The number of carbonyl (C=O) groups excluding carboxylic acids is 3. The van der Waals surface area contributed by atoms with E-state index in [9.17, 15) is 14.4 Å². The van der Waals surface area contributed by atoms with E-state index in [1.807, 2.05) is 68.1 Å². The molecule has 7 rings (SSSR count). The molecule has 2 aromatic heterocycles. The Morgan fingerprint density at radius 1 is 0.953 bits per heavy atom. The minimum atomic E-state index is -1.10. The zero-order valence-electron chi connectivity index (χ0n) is 37.6. The Bertz CT molecular complexity index is 2200. The number of piperidine rings is 1. The van der Waals surface area contributed by atoms with Crippen LogP contribution in [0.2, 0.25) is 5.02 Å². The summed E-state index contributed by atoms with van der Waals surface area (Å²) in [6.45, 7) is 11.6. The normalized spacial score (nSPS) is 13.7. The van der Waals surface area contributed by atoms with E-state index in [-0.39, 0.29) is 31.4 Å². The molecule has 346 valence electrons. The van der Waals surface area contributed by atoms with Crippen molar-refractivity contribution in [3.63, 3.8) is 0 Å². The third kappa shape index (κ3) is 14.0. The predicted octanol–water partition coefficient (Wildman–Crippen LogP) is 8.12. The molecule has 17 heteroatoms. The van der Waals surface area contributed by atoms with Crippen molar-refractivity contribution in [1.29, 1.82) is 0 Å². The first-order chi connectivity index (χ1) is 30.3. The fourth-order valence-corrected chi connectivity index (χ4v) is 7.62. The molecule has 1 aliphatic heterocycles. The first-order valence-corrected chi connectivity index (χ1v) is 23.2. The van der Waals surface area contributed by atoms with E-state index in [2.05, 4.69) is 54.8 Å². The summed E-state index contributed by atoms with van der Waals surface area (Å²) in [5, 5.41) is 7.40. The molecule has 64 heavy (non-hydrogen) atoms. The number of amides is 3. The number of benzene rings is 3. The summed E-state index contributed by atoms with van der Waals surface area (Å²) in [6, 6.07) is 25.9. The summed E-state index contributed by atoms with van der Waals surface area (Å²) in [5.41, 5.74) is 10.2. The molecule has 0 atom stereocenters. The quantitative estimate of drug-likeness (QED) is 0.0839. The number of nitrogens with two attached hydrogens (primary N) is 1. The molecular weight excluding hydrogens is 872 g/mol. The molecule has 3 heterocycles. The number of likely N-dealkylation sites (N-methyl/N-ethyl adjacent to an activating group) is 1. The first-order valence-electron chi connectivity index (χ1n) is 21.2. The van der Waals surface area contributed by atoms with Crippen LogP contribution in [0.15, 0.2) is 91.4 Å². The number of alkyl carbamates (subject to hydrolysis) is 1. The van der Waals surface area contributed by atoms with Gasteiger partial charge in [0.2, 0.25) is 5.91 Å². The number of nitrogens with one attached hydrogen (secondary N) is 3. The van der Waals surface area contributed by atoms with Crippen LogP contribution in [0.3, 0.4) is 0 Å². The average molecular weight is 936 g/mol. The molecule has 5 N–H and O–H groups in total. The summed E-state index contributed by atoms with van der Waals surface area (Å²) < 4.78 is 16.5. The third-order valence-electron chi connectivity index (χ3n) is 10.5. The van der Waals surface area contributed by atoms with Gasteiger partial charge in [-0.3, -0.25) is 4.79 Å². The van der Waals surface area contributed by atoms with Gasteiger partial charge < -0.3 is 45.4 Å². The van der Waals surface area contributed by atoms with Gasteiger partial charge in [0.05, 0.1) is 18.6 Å². The average Bonchev–Trinajstić information content (AvgIpc) is 3.88. The second-order valence-corrected chi connectivity index (χ2v) is 17.4. The standard InChI is InChI=1S/C24H29ClN6O3.C21H26N2O3.C2H6S.H2S/c1-23(2,3)34-22(33)30-24(21(32)27-14-16-4-6-17(25)7-5-16)9-12-31(13-10-24)20-18-8-11-26-19(18)28-15-29-20;1-2-23(12-14-25-13-11-22)21(24)26-15-20-18-9-5-3-7-16(18)17-8-4-6-10-19(17)20;1-3-2;/h4-8,11,15H,9-10,12-14H2,1-3H3,(H,27,32)(H,30,33)(H,26,28,29);3-10,20H,2,11-15,22H2,1H3;1-2H3;1H2. The van der Waals surface area contributed by atoms with E-state index in [1.54, 1.807) is 49.6 Å². The van der Waals surface area contributed by atoms with E-state index in [0.29, 0.717) is 77.0 Å². The molecule has 3 amide bonds. The van der Waals surface area contributed by atoms with Crippen LogP contribution >= 0.6 is 36.9 Å². The van der Waals surface area contributed by atoms with Crippen molar-refractivity contribution in [2.24, 2.45) is 5.73 Å². The molecule has 3 aromatic carbocycles. The minimum absolute atomic E-state index is 0. The van der Waals surface area contributed by atoms with Crippen molar-refractivity contribution in [3.05, 3.63) is 113 Å². The number of aromatic nitrogens is 3. The number of nitrogens with zero attached hydrogens (tertiary/aromatic N) is 4. The number of anilines is 1. The van der Waals surface area contributed by atoms with Crippen LogP contribution in [-0.2, 0) is 25.5 Å². The summed E-state index contributed by atoms with van der Waals surface area (Å²) in [4.78, 5) is 54.1. The Balaban J connectivity index is 0.000000268. The Labute approximate surface area is 393 Å². The SMILES string of the molecule is CC(C)(C)OC(=O)NC1(C(=O)NCc2ccc(Cl)cc2)CCN(c2ncnc3[nH]ccc23)CC1.CCN(CCOCCN)C(=O)OCC1c2ccccc2-c2ccccc21.CSC.S. The first kappa shape index (κ1) is 51.6. The molecule has 1 saturated heterocycles. The van der Waals surface area contributed by atoms with E-state index >= 15 is 0 Å². The highest BCUT2D eigenvalue weighted by Crippen LogP contribution is 2.44. The molecule has 0 saturated carbocycles. The molecular formula is C47H63ClN8O6S2. The van der Waals surface area contributed by atoms with Gasteiger partial charge in [-0.25, -0.2) is 19.6 Å². The molecule has 5 aromatic rings. The molecule has 0 unspecified atom stereocenters. The van der Waals surface area contributed by atoms with Crippen LogP contribution in [0.1, 0.15) is 63.1 Å². The number of hydrogen-bond acceptors (Lipinski definition) is 11. The summed E-state index contributed by atoms with van der Waals surface area (Å²) in [5.74, 6) is 0.639. The predicted molar refractivity (Wildman–Crippen MR) is 263 cm³/mol. The number of ether oxygens (including phenoxy) is 3. The molecule has 2 aliphatic rings. The number of aromatic amines is 1. The lowest BCUT2D eigenvalue weighted by atomic mass is 9.86. The summed E-state index contributed by atoms with van der Waals surface area (Å²) in [7, 11) is 0. The molecule has 1 fully saturated rings. The summed E-state index contributed by atoms with van der Waals surface area (Å²) in [6.07, 6.45) is 7.31. The zero-order valence-corrected chi connectivity index (χ0v) is 40.2. The maximum absolute atomic E-state index is 13.4. The third-order valence-corrected chi connectivity index (χ3v) is 10.8. The Morgan fingerprint density at radius 2 is 1.58 bits per heavy atom. The van der Waals surface area contributed by atoms with Crippen molar-refractivity contribution in [3.8, 4) is 11.1 Å². The van der Waals surface area contributed by atoms with E-state index in [0.717, 1.165) is 22.4 Å². The van der Waals surface area contributed by atoms with Crippen molar-refractivity contribution < 1.29 is 28.6 Å². The van der Waals surface area contributed by atoms with Crippen molar-refractivity contribution in [2.45, 2.75) is 64.1 Å². The van der Waals surface area contributed by atoms with Gasteiger partial charge in [0.15, 0.2) is 0 Å². The maximum atomic E-state index is 13.4. The highest BCUT2D eigenvalue weighted by atomic mass is 35.5. The van der Waals surface area contributed by atoms with Gasteiger partial charge >= 0.3 is 12.2 Å². The van der Waals surface area contributed by atoms with Crippen LogP contribution in [0, 0.1) is 0 Å². The van der Waals surface area contributed by atoms with E-state index < -0.39 is 17.2 Å². The lowest BCUT2D eigenvalue weighted by Crippen LogP contribution is -2.63. The molecule has 0 spiro atoms. The number of fused-ring (bicyclic) bond motifs is 4. The van der Waals surface area contributed by atoms with E-state index in [1.165, 1.54) is 28.6 Å². The highest BCUT2D eigenvalue weighted by Gasteiger charge is 2.44. The van der Waals surface area contributed by atoms with Gasteiger partial charge in [0.25, 0.3) is 0 Å². The van der Waals surface area contributed by atoms with Crippen LogP contribution in [0.4, 0.5) is 15.4 Å². The largest absolute Gasteiger partial charge is 0.448 e. The van der Waals surface area contributed by atoms with Crippen molar-refractivity contribution in [1.82, 2.24) is 30.5 Å². The number of rotatable bonds is 13. The topological polar surface area (TPSA) is 177 Å². The second kappa shape index (κ2) is 24.9. The number of halogens is 1. The lowest BCUT2D eigenvalue weighted by molar-refractivity contribution is -0.128. The van der Waals surface area contributed by atoms with Gasteiger partial charge in [-0.05, 0) is 99.1 Å². The van der Waals surface area contributed by atoms with Crippen LogP contribution in [0.5, 0.6) is 0 Å². The summed E-state index contributed by atoms with van der Waals surface area (Å²) >= 11 is 7.71. The van der Waals surface area contributed by atoms with Crippen molar-refractivity contribution in [2.75, 3.05) is 70.0 Å². The Hall–Kier alpha value is -5.00. The van der Waals surface area contributed by atoms with E-state index in [4.69, 9.17) is 31.5 Å². The fraction of sp³-hybridized carbons (Fsp3) is 0.426. The molecule has 14 nitrogen and oxygen atoms in total. The number of H-pyrrole nitrogens is 1.